The standard InChI is InChI=1S/C21H21ClN4O4/c1-28-17-12-18(29-2)16(11-13(17)22)25-21(27)19-20(26-7-9-30-10-8-26)24-15-6-4-3-5-14(15)23-19/h3-6,11-12H,7-10H2,1-2H3,(H,25,27). The monoisotopic (exact) mass is 428 g/mol. The van der Waals surface area contributed by atoms with Crippen LogP contribution < -0.4 is 19.7 Å². The molecule has 1 fully saturated rings. The maximum Gasteiger partial charge on any atom is 0.278 e. The number of nitrogens with zero attached hydrogens (tertiary/aromatic N) is 3. The van der Waals surface area contributed by atoms with Crippen LogP contribution in [0.2, 0.25) is 5.02 Å². The number of ether oxygens (including phenoxy) is 3. The Morgan fingerprint density at radius 1 is 1.07 bits per heavy atom. The zero-order valence-electron chi connectivity index (χ0n) is 16.6. The first-order valence-corrected chi connectivity index (χ1v) is 9.81. The molecule has 156 valence electrons. The van der Waals surface area contributed by atoms with Gasteiger partial charge in [0.2, 0.25) is 0 Å². The summed E-state index contributed by atoms with van der Waals surface area (Å²) in [5.74, 6) is 0.986. The number of carbonyl (C=O) groups is 1. The molecule has 2 aromatic carbocycles. The number of fused-ring (bicyclic) bond motifs is 1. The van der Waals surface area contributed by atoms with Crippen LogP contribution in [0.5, 0.6) is 11.5 Å². The largest absolute Gasteiger partial charge is 0.495 e. The molecule has 1 amide bonds. The Morgan fingerprint density at radius 2 is 1.73 bits per heavy atom. The average Bonchev–Trinajstić information content (AvgIpc) is 2.79. The number of carbonyl (C=O) groups excluding carboxylic acids is 1. The second-order valence-electron chi connectivity index (χ2n) is 6.63. The number of hydrogen-bond acceptors (Lipinski definition) is 7. The van der Waals surface area contributed by atoms with Gasteiger partial charge in [-0.05, 0) is 18.2 Å². The number of aromatic nitrogens is 2. The molecule has 0 aliphatic carbocycles. The molecule has 1 N–H and O–H groups in total. The van der Waals surface area contributed by atoms with Crippen LogP contribution in [0, 0.1) is 0 Å². The van der Waals surface area contributed by atoms with E-state index in [1.165, 1.54) is 14.2 Å². The third-order valence-electron chi connectivity index (χ3n) is 4.80. The Hall–Kier alpha value is -3.10. The number of benzene rings is 2. The number of para-hydroxylation sites is 2. The van der Waals surface area contributed by atoms with Crippen molar-refractivity contribution in [2.75, 3.05) is 50.7 Å². The maximum absolute atomic E-state index is 13.3. The van der Waals surface area contributed by atoms with Crippen LogP contribution in [0.1, 0.15) is 10.5 Å². The molecular formula is C21H21ClN4O4. The fourth-order valence-electron chi connectivity index (χ4n) is 3.28. The number of nitrogens with one attached hydrogen (secondary N) is 1. The van der Waals surface area contributed by atoms with Gasteiger partial charge in [-0.2, -0.15) is 0 Å². The van der Waals surface area contributed by atoms with Crippen molar-refractivity contribution in [2.24, 2.45) is 0 Å². The van der Waals surface area contributed by atoms with Gasteiger partial charge < -0.3 is 24.4 Å². The number of halogens is 1. The highest BCUT2D eigenvalue weighted by Gasteiger charge is 2.24. The van der Waals surface area contributed by atoms with Crippen LogP contribution in [0.4, 0.5) is 11.5 Å². The lowest BCUT2D eigenvalue weighted by atomic mass is 10.2. The summed E-state index contributed by atoms with van der Waals surface area (Å²) in [6.45, 7) is 2.39. The second-order valence-corrected chi connectivity index (χ2v) is 7.03. The van der Waals surface area contributed by atoms with E-state index >= 15 is 0 Å². The number of morpholine rings is 1. The summed E-state index contributed by atoms with van der Waals surface area (Å²) in [6, 6.07) is 10.7. The van der Waals surface area contributed by atoms with Gasteiger partial charge in [0, 0.05) is 19.2 Å². The number of anilines is 2. The summed E-state index contributed by atoms with van der Waals surface area (Å²) in [5, 5.41) is 3.20. The van der Waals surface area contributed by atoms with Gasteiger partial charge in [0.15, 0.2) is 11.5 Å². The number of hydrogen-bond donors (Lipinski definition) is 1. The molecule has 0 unspecified atom stereocenters. The Kier molecular flexibility index (Phi) is 5.87. The summed E-state index contributed by atoms with van der Waals surface area (Å²) in [5.41, 5.74) is 2.00. The zero-order chi connectivity index (χ0) is 21.1. The highest BCUT2D eigenvalue weighted by atomic mass is 35.5. The lowest BCUT2D eigenvalue weighted by Crippen LogP contribution is -2.38. The van der Waals surface area contributed by atoms with Gasteiger partial charge in [0.1, 0.15) is 11.5 Å². The van der Waals surface area contributed by atoms with E-state index in [9.17, 15) is 4.79 Å². The zero-order valence-corrected chi connectivity index (χ0v) is 17.4. The molecule has 1 aromatic heterocycles. The molecule has 0 saturated carbocycles. The SMILES string of the molecule is COc1cc(OC)c(NC(=O)c2nc3ccccc3nc2N2CCOCC2)cc1Cl. The lowest BCUT2D eigenvalue weighted by molar-refractivity contribution is 0.101. The minimum absolute atomic E-state index is 0.226. The van der Waals surface area contributed by atoms with Crippen molar-refractivity contribution < 1.29 is 19.0 Å². The van der Waals surface area contributed by atoms with Gasteiger partial charge in [-0.25, -0.2) is 9.97 Å². The predicted molar refractivity (Wildman–Crippen MR) is 115 cm³/mol. The topological polar surface area (TPSA) is 85.8 Å². The summed E-state index contributed by atoms with van der Waals surface area (Å²) in [7, 11) is 3.02. The molecule has 1 aliphatic heterocycles. The summed E-state index contributed by atoms with van der Waals surface area (Å²) in [6.07, 6.45) is 0. The third-order valence-corrected chi connectivity index (χ3v) is 5.10. The molecule has 0 radical (unpaired) electrons. The first-order valence-electron chi connectivity index (χ1n) is 9.43. The molecule has 9 heteroatoms. The molecule has 0 bridgehead atoms. The average molecular weight is 429 g/mol. The van der Waals surface area contributed by atoms with Crippen molar-refractivity contribution in [1.29, 1.82) is 0 Å². The van der Waals surface area contributed by atoms with E-state index in [-0.39, 0.29) is 5.69 Å². The van der Waals surface area contributed by atoms with Crippen LogP contribution in [0.15, 0.2) is 36.4 Å². The smallest absolute Gasteiger partial charge is 0.278 e. The summed E-state index contributed by atoms with van der Waals surface area (Å²) < 4.78 is 16.0. The van der Waals surface area contributed by atoms with E-state index in [2.05, 4.69) is 10.3 Å². The van der Waals surface area contributed by atoms with Crippen molar-refractivity contribution in [3.8, 4) is 11.5 Å². The minimum Gasteiger partial charge on any atom is -0.495 e. The first kappa shape index (κ1) is 20.2. The molecule has 8 nitrogen and oxygen atoms in total. The second kappa shape index (κ2) is 8.73. The van der Waals surface area contributed by atoms with Gasteiger partial charge in [-0.1, -0.05) is 23.7 Å². The van der Waals surface area contributed by atoms with Crippen molar-refractivity contribution in [1.82, 2.24) is 9.97 Å². The molecule has 4 rings (SSSR count). The van der Waals surface area contributed by atoms with Crippen molar-refractivity contribution in [3.63, 3.8) is 0 Å². The van der Waals surface area contributed by atoms with E-state index in [1.54, 1.807) is 12.1 Å². The number of amides is 1. The van der Waals surface area contributed by atoms with Gasteiger partial charge in [-0.3, -0.25) is 4.79 Å². The van der Waals surface area contributed by atoms with Gasteiger partial charge in [0.25, 0.3) is 5.91 Å². The summed E-state index contributed by atoms with van der Waals surface area (Å²) in [4.78, 5) is 24.6. The highest BCUT2D eigenvalue weighted by Crippen LogP contribution is 2.36. The molecular weight excluding hydrogens is 408 g/mol. The van der Waals surface area contributed by atoms with E-state index in [0.717, 1.165) is 5.52 Å². The molecule has 0 atom stereocenters. The highest BCUT2D eigenvalue weighted by molar-refractivity contribution is 6.32. The third kappa shape index (κ3) is 3.96. The van der Waals surface area contributed by atoms with Crippen LogP contribution in [0.3, 0.4) is 0 Å². The van der Waals surface area contributed by atoms with Gasteiger partial charge in [0.05, 0.1) is 49.2 Å². The van der Waals surface area contributed by atoms with E-state index in [4.69, 9.17) is 30.8 Å². The maximum atomic E-state index is 13.3. The van der Waals surface area contributed by atoms with Crippen molar-refractivity contribution in [3.05, 3.63) is 47.1 Å². The number of rotatable bonds is 5. The van der Waals surface area contributed by atoms with Crippen LogP contribution in [-0.4, -0.2) is 56.4 Å². The Balaban J connectivity index is 1.74. The minimum atomic E-state index is -0.408. The Morgan fingerprint density at radius 3 is 2.40 bits per heavy atom. The molecule has 2 heterocycles. The van der Waals surface area contributed by atoms with Crippen molar-refractivity contribution >= 4 is 40.0 Å². The van der Waals surface area contributed by atoms with Gasteiger partial charge >= 0.3 is 0 Å². The molecule has 30 heavy (non-hydrogen) atoms. The fourth-order valence-corrected chi connectivity index (χ4v) is 3.52. The van der Waals surface area contributed by atoms with Gasteiger partial charge in [-0.15, -0.1) is 0 Å². The quantitative estimate of drug-likeness (QED) is 0.666. The molecule has 1 saturated heterocycles. The van der Waals surface area contributed by atoms with Crippen LogP contribution >= 0.6 is 11.6 Å². The molecule has 1 aliphatic rings. The van der Waals surface area contributed by atoms with Crippen molar-refractivity contribution in [2.45, 2.75) is 0 Å². The Bertz CT molecular complexity index is 1090. The van der Waals surface area contributed by atoms with Crippen LogP contribution in [-0.2, 0) is 4.74 Å². The van der Waals surface area contributed by atoms with E-state index in [1.807, 2.05) is 29.2 Å². The molecule has 3 aromatic rings. The lowest BCUT2D eigenvalue weighted by Gasteiger charge is -2.29. The van der Waals surface area contributed by atoms with E-state index in [0.29, 0.717) is 59.8 Å². The van der Waals surface area contributed by atoms with Crippen LogP contribution in [0.25, 0.3) is 11.0 Å². The first-order chi connectivity index (χ1) is 14.6. The normalized spacial score (nSPS) is 13.9. The van der Waals surface area contributed by atoms with E-state index < -0.39 is 5.91 Å². The molecule has 0 spiro atoms. The fraction of sp³-hybridized carbons (Fsp3) is 0.286. The summed E-state index contributed by atoms with van der Waals surface area (Å²) >= 11 is 6.24. The number of methoxy groups -OCH3 is 2. The predicted octanol–water partition coefficient (Wildman–Crippen LogP) is 3.39. The Labute approximate surface area is 178 Å².